The fraction of sp³-hybridized carbons (Fsp3) is 0.529. The lowest BCUT2D eigenvalue weighted by Crippen LogP contribution is -2.44. The van der Waals surface area contributed by atoms with Crippen LogP contribution < -0.4 is 0 Å². The van der Waals surface area contributed by atoms with Crippen molar-refractivity contribution >= 4 is 5.69 Å². The van der Waals surface area contributed by atoms with Crippen molar-refractivity contribution in [2.24, 2.45) is 11.3 Å². The molecule has 1 aliphatic carbocycles. The Hall–Kier alpha value is -1.68. The number of hydrogen-bond acceptors (Lipinski definition) is 3. The van der Waals surface area contributed by atoms with E-state index in [4.69, 9.17) is 4.74 Å². The Labute approximate surface area is 125 Å². The second-order valence-electron chi connectivity index (χ2n) is 6.98. The molecule has 3 rings (SSSR count). The van der Waals surface area contributed by atoms with E-state index in [0.717, 1.165) is 18.4 Å². The third-order valence-corrected chi connectivity index (χ3v) is 5.35. The maximum atomic E-state index is 10.8. The van der Waals surface area contributed by atoms with Gasteiger partial charge in [0, 0.05) is 23.5 Å². The van der Waals surface area contributed by atoms with Crippen molar-refractivity contribution in [2.75, 3.05) is 0 Å². The van der Waals surface area contributed by atoms with Crippen LogP contribution in [-0.2, 0) is 4.74 Å². The molecule has 112 valence electrons. The number of ether oxygens (including phenoxy) is 1. The molecule has 1 saturated carbocycles. The minimum absolute atomic E-state index is 0.0731. The van der Waals surface area contributed by atoms with Crippen LogP contribution in [0.5, 0.6) is 0 Å². The fourth-order valence-electron chi connectivity index (χ4n) is 3.97. The van der Waals surface area contributed by atoms with Gasteiger partial charge in [0.25, 0.3) is 5.69 Å². The van der Waals surface area contributed by atoms with Gasteiger partial charge in [-0.3, -0.25) is 10.1 Å². The van der Waals surface area contributed by atoms with Crippen molar-refractivity contribution in [3.05, 3.63) is 52.1 Å². The summed E-state index contributed by atoms with van der Waals surface area (Å²) in [4.78, 5) is 10.4. The Morgan fingerprint density at radius 2 is 1.90 bits per heavy atom. The highest BCUT2D eigenvalue weighted by Gasteiger charge is 2.56. The Bertz CT molecular complexity index is 605. The van der Waals surface area contributed by atoms with Gasteiger partial charge in [-0.1, -0.05) is 19.1 Å². The summed E-state index contributed by atoms with van der Waals surface area (Å²) >= 11 is 0. The molecule has 1 aromatic carbocycles. The van der Waals surface area contributed by atoms with E-state index < -0.39 is 0 Å². The molecule has 2 fully saturated rings. The Balaban J connectivity index is 2.00. The number of nitro benzene ring substituents is 1. The average Bonchev–Trinajstić information content (AvgIpc) is 2.68. The lowest BCUT2D eigenvalue weighted by atomic mass is 9.70. The molecule has 2 bridgehead atoms. The number of non-ortho nitro benzene ring substituents is 1. The molecule has 0 spiro atoms. The van der Waals surface area contributed by atoms with Crippen molar-refractivity contribution in [3.8, 4) is 0 Å². The van der Waals surface area contributed by atoms with Crippen molar-refractivity contribution in [2.45, 2.75) is 45.3 Å². The van der Waals surface area contributed by atoms with Gasteiger partial charge in [-0.05, 0) is 44.4 Å². The summed E-state index contributed by atoms with van der Waals surface area (Å²) in [6, 6.07) is 6.74. The molecule has 3 atom stereocenters. The Morgan fingerprint density at radius 3 is 2.48 bits per heavy atom. The molecule has 0 aromatic heterocycles. The van der Waals surface area contributed by atoms with E-state index in [-0.39, 0.29) is 27.7 Å². The molecular weight excluding hydrogens is 266 g/mol. The molecular formula is C17H21NO3. The van der Waals surface area contributed by atoms with Crippen molar-refractivity contribution in [1.82, 2.24) is 0 Å². The summed E-state index contributed by atoms with van der Waals surface area (Å²) < 4.78 is 6.39. The summed E-state index contributed by atoms with van der Waals surface area (Å²) in [5, 5.41) is 10.8. The largest absolute Gasteiger partial charge is 0.366 e. The molecule has 1 aliphatic heterocycles. The van der Waals surface area contributed by atoms with E-state index >= 15 is 0 Å². The monoisotopic (exact) mass is 287 g/mol. The van der Waals surface area contributed by atoms with Crippen LogP contribution in [0.3, 0.4) is 0 Å². The summed E-state index contributed by atoms with van der Waals surface area (Å²) in [6.45, 7) is 10.8. The fourth-order valence-corrected chi connectivity index (χ4v) is 3.97. The van der Waals surface area contributed by atoms with E-state index in [1.807, 2.05) is 12.1 Å². The van der Waals surface area contributed by atoms with Crippen LogP contribution in [0.4, 0.5) is 5.69 Å². The van der Waals surface area contributed by atoms with Gasteiger partial charge in [-0.25, -0.2) is 0 Å². The van der Waals surface area contributed by atoms with Crippen LogP contribution in [0.25, 0.3) is 0 Å². The van der Waals surface area contributed by atoms with E-state index in [9.17, 15) is 10.1 Å². The number of benzene rings is 1. The maximum absolute atomic E-state index is 10.8. The van der Waals surface area contributed by atoms with Crippen LogP contribution in [0.1, 0.15) is 45.3 Å². The van der Waals surface area contributed by atoms with Crippen molar-refractivity contribution in [3.63, 3.8) is 0 Å². The van der Waals surface area contributed by atoms with Crippen LogP contribution >= 0.6 is 0 Å². The molecule has 0 N–H and O–H groups in total. The molecule has 1 heterocycles. The first-order valence-corrected chi connectivity index (χ1v) is 7.37. The number of fused-ring (bicyclic) bond motifs is 2. The highest BCUT2D eigenvalue weighted by Crippen LogP contribution is 2.62. The number of nitrogens with zero attached hydrogens (tertiary/aromatic N) is 1. The number of rotatable bonds is 2. The molecule has 1 aromatic rings. The number of nitro groups is 1. The zero-order valence-corrected chi connectivity index (χ0v) is 12.8. The summed E-state index contributed by atoms with van der Waals surface area (Å²) in [7, 11) is 0. The normalized spacial score (nSPS) is 34.0. The molecule has 4 heteroatoms. The van der Waals surface area contributed by atoms with Gasteiger partial charge in [0.05, 0.1) is 16.6 Å². The van der Waals surface area contributed by atoms with Crippen molar-refractivity contribution < 1.29 is 9.66 Å². The highest BCUT2D eigenvalue weighted by molar-refractivity contribution is 5.38. The van der Waals surface area contributed by atoms with E-state index in [1.165, 1.54) is 5.57 Å². The van der Waals surface area contributed by atoms with Gasteiger partial charge in [-0.15, -0.1) is 0 Å². The third-order valence-electron chi connectivity index (χ3n) is 5.35. The quantitative estimate of drug-likeness (QED) is 0.459. The first-order valence-electron chi connectivity index (χ1n) is 7.37. The van der Waals surface area contributed by atoms with E-state index in [0.29, 0.717) is 5.92 Å². The van der Waals surface area contributed by atoms with Gasteiger partial charge < -0.3 is 4.74 Å². The van der Waals surface area contributed by atoms with Crippen molar-refractivity contribution in [1.29, 1.82) is 0 Å². The SMILES string of the molecule is C=C1C2CCC1(C)C(c1ccc([N+](=O)[O-])cc1)OC2(C)C. The lowest BCUT2D eigenvalue weighted by Gasteiger charge is -2.48. The Kier molecular flexibility index (Phi) is 2.99. The van der Waals surface area contributed by atoms with Gasteiger partial charge >= 0.3 is 0 Å². The minimum Gasteiger partial charge on any atom is -0.366 e. The predicted octanol–water partition coefficient (Wildman–Crippen LogP) is 4.42. The topological polar surface area (TPSA) is 52.4 Å². The molecule has 1 saturated heterocycles. The van der Waals surface area contributed by atoms with Crippen LogP contribution in [0.2, 0.25) is 0 Å². The predicted molar refractivity (Wildman–Crippen MR) is 81.0 cm³/mol. The van der Waals surface area contributed by atoms with Crippen LogP contribution in [0, 0.1) is 21.4 Å². The second-order valence-corrected chi connectivity index (χ2v) is 6.98. The minimum atomic E-state index is -0.373. The van der Waals surface area contributed by atoms with Crippen LogP contribution in [0.15, 0.2) is 36.4 Å². The molecule has 21 heavy (non-hydrogen) atoms. The van der Waals surface area contributed by atoms with E-state index in [2.05, 4.69) is 27.4 Å². The molecule has 3 unspecified atom stereocenters. The highest BCUT2D eigenvalue weighted by atomic mass is 16.6. The average molecular weight is 287 g/mol. The third kappa shape index (κ3) is 2.01. The molecule has 4 nitrogen and oxygen atoms in total. The lowest BCUT2D eigenvalue weighted by molar-refractivity contribution is -0.384. The molecule has 0 amide bonds. The zero-order chi connectivity index (χ0) is 15.4. The standard InChI is InChI=1S/C17H21NO3/c1-11-14-9-10-17(11,4)15(21-16(14,2)3)12-5-7-13(8-6-12)18(19)20/h5-8,14-15H,1,9-10H2,2-4H3. The van der Waals surface area contributed by atoms with Gasteiger partial charge in [-0.2, -0.15) is 0 Å². The van der Waals surface area contributed by atoms with Gasteiger partial charge in [0.2, 0.25) is 0 Å². The summed E-state index contributed by atoms with van der Waals surface area (Å²) in [5.74, 6) is 0.400. The maximum Gasteiger partial charge on any atom is 0.269 e. The zero-order valence-electron chi connectivity index (χ0n) is 12.8. The van der Waals surface area contributed by atoms with Gasteiger partial charge in [0.15, 0.2) is 0 Å². The van der Waals surface area contributed by atoms with Gasteiger partial charge in [0.1, 0.15) is 0 Å². The first-order chi connectivity index (χ1) is 9.75. The second kappa shape index (κ2) is 4.41. The van der Waals surface area contributed by atoms with E-state index in [1.54, 1.807) is 12.1 Å². The number of hydrogen-bond donors (Lipinski definition) is 0. The molecule has 0 radical (unpaired) electrons. The summed E-state index contributed by atoms with van der Waals surface area (Å²) in [6.07, 6.45) is 2.08. The Morgan fingerprint density at radius 1 is 1.29 bits per heavy atom. The van der Waals surface area contributed by atoms with Crippen LogP contribution in [-0.4, -0.2) is 10.5 Å². The first kappa shape index (κ1) is 14.3. The smallest absolute Gasteiger partial charge is 0.269 e. The summed E-state index contributed by atoms with van der Waals surface area (Å²) in [5.41, 5.74) is 2.07. The molecule has 2 aliphatic rings.